The van der Waals surface area contributed by atoms with Crippen molar-refractivity contribution < 1.29 is 4.79 Å². The maximum Gasteiger partial charge on any atom is 0.281 e. The van der Waals surface area contributed by atoms with Crippen LogP contribution in [0.15, 0.2) is 83.7 Å². The molecule has 0 aliphatic rings. The Balaban J connectivity index is 1.65. The fraction of sp³-hybridized carbons (Fsp3) is 0. The molecule has 0 fully saturated rings. The highest BCUT2D eigenvalue weighted by molar-refractivity contribution is 7.12. The maximum atomic E-state index is 12.0. The van der Waals surface area contributed by atoms with Gasteiger partial charge in [0.05, 0.1) is 16.8 Å². The zero-order chi connectivity index (χ0) is 18.5. The molecule has 1 aromatic carbocycles. The number of para-hydroxylation sites is 1. The van der Waals surface area contributed by atoms with Gasteiger partial charge in [0, 0.05) is 29.7 Å². The predicted octanol–water partition coefficient (Wildman–Crippen LogP) is 3.76. The molecule has 0 saturated heterocycles. The number of pyridine rings is 1. The van der Waals surface area contributed by atoms with Crippen molar-refractivity contribution in [2.75, 3.05) is 0 Å². The van der Waals surface area contributed by atoms with Crippen LogP contribution in [0.4, 0.5) is 0 Å². The lowest BCUT2D eigenvalue weighted by atomic mass is 10.1. The summed E-state index contributed by atoms with van der Waals surface area (Å²) >= 11 is 1.37. The summed E-state index contributed by atoms with van der Waals surface area (Å²) in [6, 6.07) is 17.2. The van der Waals surface area contributed by atoms with E-state index in [1.54, 1.807) is 29.4 Å². The largest absolute Gasteiger partial charge is 0.281 e. The molecule has 3 aromatic heterocycles. The molecule has 0 unspecified atom stereocenters. The van der Waals surface area contributed by atoms with Gasteiger partial charge in [0.2, 0.25) is 0 Å². The maximum absolute atomic E-state index is 12.0. The monoisotopic (exact) mass is 373 g/mol. The Bertz CT molecular complexity index is 1060. The molecule has 6 nitrogen and oxygen atoms in total. The Morgan fingerprint density at radius 2 is 2.00 bits per heavy atom. The van der Waals surface area contributed by atoms with E-state index >= 15 is 0 Å². The number of thiophene rings is 1. The Kier molecular flexibility index (Phi) is 4.84. The molecule has 1 N–H and O–H groups in total. The second-order valence-corrected chi connectivity index (χ2v) is 6.58. The van der Waals surface area contributed by atoms with Gasteiger partial charge in [0.15, 0.2) is 0 Å². The van der Waals surface area contributed by atoms with Crippen molar-refractivity contribution in [2.45, 2.75) is 0 Å². The Morgan fingerprint density at radius 3 is 2.74 bits per heavy atom. The number of amides is 1. The number of hydrazone groups is 1. The van der Waals surface area contributed by atoms with E-state index in [-0.39, 0.29) is 5.91 Å². The van der Waals surface area contributed by atoms with E-state index in [0.717, 1.165) is 22.5 Å². The number of aromatic nitrogens is 3. The van der Waals surface area contributed by atoms with Crippen LogP contribution in [0.5, 0.6) is 0 Å². The van der Waals surface area contributed by atoms with Crippen molar-refractivity contribution in [3.8, 4) is 16.9 Å². The topological polar surface area (TPSA) is 72.2 Å². The molecule has 7 heteroatoms. The quantitative estimate of drug-likeness (QED) is 0.428. The van der Waals surface area contributed by atoms with Crippen LogP contribution in [0.1, 0.15) is 15.2 Å². The average Bonchev–Trinajstić information content (AvgIpc) is 3.40. The summed E-state index contributed by atoms with van der Waals surface area (Å²) in [7, 11) is 0. The van der Waals surface area contributed by atoms with Crippen LogP contribution in [-0.2, 0) is 0 Å². The molecule has 0 saturated carbocycles. The average molecular weight is 373 g/mol. The molecule has 3 heterocycles. The van der Waals surface area contributed by atoms with Gasteiger partial charge in [-0.15, -0.1) is 11.3 Å². The molecule has 0 spiro atoms. The summed E-state index contributed by atoms with van der Waals surface area (Å²) < 4.78 is 1.78. The summed E-state index contributed by atoms with van der Waals surface area (Å²) in [6.07, 6.45) is 6.94. The molecule has 0 radical (unpaired) electrons. The van der Waals surface area contributed by atoms with Gasteiger partial charge >= 0.3 is 0 Å². The lowest BCUT2D eigenvalue weighted by Crippen LogP contribution is -2.16. The van der Waals surface area contributed by atoms with Gasteiger partial charge < -0.3 is 0 Å². The van der Waals surface area contributed by atoms with Gasteiger partial charge in [-0.05, 0) is 35.7 Å². The molecule has 132 valence electrons. The minimum absolute atomic E-state index is 0.236. The first-order valence-corrected chi connectivity index (χ1v) is 9.11. The lowest BCUT2D eigenvalue weighted by Gasteiger charge is -1.99. The van der Waals surface area contributed by atoms with Gasteiger partial charge in [0.25, 0.3) is 5.91 Å². The third-order valence-corrected chi connectivity index (χ3v) is 4.68. The summed E-state index contributed by atoms with van der Waals surface area (Å²) in [5, 5.41) is 10.6. The van der Waals surface area contributed by atoms with Crippen LogP contribution >= 0.6 is 11.3 Å². The highest BCUT2D eigenvalue weighted by Crippen LogP contribution is 2.21. The molecule has 0 aliphatic carbocycles. The summed E-state index contributed by atoms with van der Waals surface area (Å²) in [6.45, 7) is 0. The van der Waals surface area contributed by atoms with Crippen molar-refractivity contribution in [1.29, 1.82) is 0 Å². The van der Waals surface area contributed by atoms with E-state index in [2.05, 4.69) is 20.6 Å². The molecule has 0 bridgehead atoms. The fourth-order valence-corrected chi connectivity index (χ4v) is 3.16. The first-order chi connectivity index (χ1) is 13.3. The third kappa shape index (κ3) is 3.83. The third-order valence-electron chi connectivity index (χ3n) is 3.81. The van der Waals surface area contributed by atoms with E-state index in [1.165, 1.54) is 11.3 Å². The highest BCUT2D eigenvalue weighted by atomic mass is 32.1. The summed E-state index contributed by atoms with van der Waals surface area (Å²) in [4.78, 5) is 16.8. The number of carbonyl (C=O) groups is 1. The Morgan fingerprint density at radius 1 is 1.11 bits per heavy atom. The van der Waals surface area contributed by atoms with Crippen molar-refractivity contribution in [3.63, 3.8) is 0 Å². The summed E-state index contributed by atoms with van der Waals surface area (Å²) in [5.41, 5.74) is 5.87. The van der Waals surface area contributed by atoms with E-state index in [0.29, 0.717) is 4.88 Å². The fourth-order valence-electron chi connectivity index (χ4n) is 2.55. The van der Waals surface area contributed by atoms with Gasteiger partial charge in [-0.1, -0.05) is 24.3 Å². The van der Waals surface area contributed by atoms with Gasteiger partial charge in [0.1, 0.15) is 5.69 Å². The number of nitrogens with zero attached hydrogens (tertiary/aromatic N) is 4. The second kappa shape index (κ2) is 7.76. The standard InChI is InChI=1S/C20H15N5OS/c26-20(18-9-5-11-27-18)23-22-13-16-14-25(17-7-2-1-3-8-17)24-19(16)15-6-4-10-21-12-15/h1-14H,(H,23,26)/b22-13+. The molecule has 4 rings (SSSR count). The Labute approximate surface area is 159 Å². The number of hydrogen-bond donors (Lipinski definition) is 1. The number of benzene rings is 1. The molecule has 1 amide bonds. The van der Waals surface area contributed by atoms with Gasteiger partial charge in [-0.3, -0.25) is 9.78 Å². The normalized spacial score (nSPS) is 11.0. The smallest absolute Gasteiger partial charge is 0.266 e. The van der Waals surface area contributed by atoms with Gasteiger partial charge in [-0.2, -0.15) is 10.2 Å². The first-order valence-electron chi connectivity index (χ1n) is 8.23. The molecular formula is C20H15N5OS. The van der Waals surface area contributed by atoms with Crippen LogP contribution in [0.2, 0.25) is 0 Å². The van der Waals surface area contributed by atoms with Crippen LogP contribution in [0.25, 0.3) is 16.9 Å². The minimum Gasteiger partial charge on any atom is -0.266 e. The van der Waals surface area contributed by atoms with E-state index in [1.807, 2.05) is 60.1 Å². The molecule has 0 atom stereocenters. The van der Waals surface area contributed by atoms with Crippen molar-refractivity contribution in [3.05, 3.63) is 89.0 Å². The van der Waals surface area contributed by atoms with Gasteiger partial charge in [-0.25, -0.2) is 10.1 Å². The number of nitrogens with one attached hydrogen (secondary N) is 1. The Hall–Kier alpha value is -3.58. The predicted molar refractivity (Wildman–Crippen MR) is 106 cm³/mol. The SMILES string of the molecule is O=C(N/N=C/c1cn(-c2ccccc2)nc1-c1cccnc1)c1cccs1. The number of hydrogen-bond acceptors (Lipinski definition) is 5. The van der Waals surface area contributed by atoms with Crippen LogP contribution in [0, 0.1) is 0 Å². The first kappa shape index (κ1) is 16.9. The zero-order valence-electron chi connectivity index (χ0n) is 14.2. The van der Waals surface area contributed by atoms with Crippen molar-refractivity contribution in [1.82, 2.24) is 20.2 Å². The number of rotatable bonds is 5. The van der Waals surface area contributed by atoms with Crippen molar-refractivity contribution in [2.24, 2.45) is 5.10 Å². The highest BCUT2D eigenvalue weighted by Gasteiger charge is 2.11. The minimum atomic E-state index is -0.236. The number of carbonyl (C=O) groups excluding carboxylic acids is 1. The lowest BCUT2D eigenvalue weighted by molar-refractivity contribution is 0.0959. The molecular weight excluding hydrogens is 358 g/mol. The summed E-state index contributed by atoms with van der Waals surface area (Å²) in [5.74, 6) is -0.236. The van der Waals surface area contributed by atoms with Crippen LogP contribution in [0.3, 0.4) is 0 Å². The van der Waals surface area contributed by atoms with Crippen molar-refractivity contribution >= 4 is 23.5 Å². The molecule has 4 aromatic rings. The van der Waals surface area contributed by atoms with Crippen LogP contribution in [-0.4, -0.2) is 26.9 Å². The van der Waals surface area contributed by atoms with E-state index in [9.17, 15) is 4.79 Å². The molecule has 27 heavy (non-hydrogen) atoms. The van der Waals surface area contributed by atoms with E-state index in [4.69, 9.17) is 0 Å². The second-order valence-electron chi connectivity index (χ2n) is 5.63. The molecule has 0 aliphatic heterocycles. The van der Waals surface area contributed by atoms with E-state index < -0.39 is 0 Å². The van der Waals surface area contributed by atoms with Crippen LogP contribution < -0.4 is 5.43 Å². The zero-order valence-corrected chi connectivity index (χ0v) is 15.0.